The maximum atomic E-state index is 12.7. The molecule has 0 bridgehead atoms. The molecule has 1 aromatic carbocycles. The van der Waals surface area contributed by atoms with E-state index in [4.69, 9.17) is 0 Å². The maximum Gasteiger partial charge on any atom is 0.332 e. The van der Waals surface area contributed by atoms with Gasteiger partial charge in [0.05, 0.1) is 16.0 Å². The third-order valence-corrected chi connectivity index (χ3v) is 4.46. The molecule has 0 fully saturated rings. The molecule has 8 nitrogen and oxygen atoms in total. The number of aromatic nitrogens is 3. The van der Waals surface area contributed by atoms with E-state index in [9.17, 15) is 20.7 Å². The minimum absolute atomic E-state index is 0.00897. The summed E-state index contributed by atoms with van der Waals surface area (Å²) in [7, 11) is -7.25. The zero-order chi connectivity index (χ0) is 15.0. The Balaban J connectivity index is 2.30. The molecular formula is C9H9FN4O4S2. The molecule has 2 aromatic rings. The second kappa shape index (κ2) is 4.83. The second-order valence-corrected chi connectivity index (χ2v) is 6.82. The van der Waals surface area contributed by atoms with Crippen LogP contribution in [0.5, 0.6) is 0 Å². The molecule has 0 aliphatic carbocycles. The van der Waals surface area contributed by atoms with Crippen molar-refractivity contribution in [2.24, 2.45) is 7.05 Å². The lowest BCUT2D eigenvalue weighted by atomic mass is 10.4. The quantitative estimate of drug-likeness (QED) is 0.810. The van der Waals surface area contributed by atoms with E-state index in [1.165, 1.54) is 10.9 Å². The topological polar surface area (TPSA) is 111 Å². The molecule has 0 saturated carbocycles. The minimum Gasteiger partial charge on any atom is -0.261 e. The fourth-order valence-electron chi connectivity index (χ4n) is 1.37. The van der Waals surface area contributed by atoms with Gasteiger partial charge in [-0.15, -0.1) is 8.98 Å². The zero-order valence-electron chi connectivity index (χ0n) is 10.1. The highest BCUT2D eigenvalue weighted by molar-refractivity contribution is 7.92. The van der Waals surface area contributed by atoms with Gasteiger partial charge >= 0.3 is 10.2 Å². The van der Waals surface area contributed by atoms with Crippen LogP contribution in [0.1, 0.15) is 0 Å². The highest BCUT2D eigenvalue weighted by Crippen LogP contribution is 2.18. The Labute approximate surface area is 114 Å². The standard InChI is InChI=1S/C9H9FN4O4S2/c1-14-6-9(11-13-14)12-20(17,18)8-4-2-7(3-5-8)19(10,15)16/h2-6,12H,1H3. The number of anilines is 1. The van der Waals surface area contributed by atoms with Gasteiger partial charge in [-0.2, -0.15) is 8.42 Å². The van der Waals surface area contributed by atoms with Gasteiger partial charge in [0.25, 0.3) is 10.0 Å². The summed E-state index contributed by atoms with van der Waals surface area (Å²) in [6.45, 7) is 0. The predicted octanol–water partition coefficient (Wildman–Crippen LogP) is 0.274. The van der Waals surface area contributed by atoms with Crippen molar-refractivity contribution in [1.29, 1.82) is 0 Å². The maximum absolute atomic E-state index is 12.7. The van der Waals surface area contributed by atoms with Crippen LogP contribution in [-0.4, -0.2) is 31.8 Å². The van der Waals surface area contributed by atoms with Crippen molar-refractivity contribution in [2.45, 2.75) is 9.79 Å². The lowest BCUT2D eigenvalue weighted by molar-refractivity contribution is 0.551. The Morgan fingerprint density at radius 3 is 2.10 bits per heavy atom. The molecule has 1 N–H and O–H groups in total. The Morgan fingerprint density at radius 1 is 1.10 bits per heavy atom. The molecule has 20 heavy (non-hydrogen) atoms. The lowest BCUT2D eigenvalue weighted by Gasteiger charge is -2.05. The first-order valence-corrected chi connectivity index (χ1v) is 7.99. The number of aryl methyl sites for hydroxylation is 1. The smallest absolute Gasteiger partial charge is 0.261 e. The Hall–Kier alpha value is -2.01. The van der Waals surface area contributed by atoms with E-state index in [0.717, 1.165) is 24.3 Å². The molecule has 0 aliphatic heterocycles. The van der Waals surface area contributed by atoms with Crippen molar-refractivity contribution in [1.82, 2.24) is 15.0 Å². The van der Waals surface area contributed by atoms with E-state index in [2.05, 4.69) is 15.0 Å². The number of hydrogen-bond donors (Lipinski definition) is 1. The van der Waals surface area contributed by atoms with Crippen LogP contribution in [0.2, 0.25) is 0 Å². The molecule has 1 aromatic heterocycles. The van der Waals surface area contributed by atoms with Crippen molar-refractivity contribution >= 4 is 26.1 Å². The molecule has 0 unspecified atom stereocenters. The predicted molar refractivity (Wildman–Crippen MR) is 66.5 cm³/mol. The fraction of sp³-hybridized carbons (Fsp3) is 0.111. The molecular weight excluding hydrogens is 311 g/mol. The van der Waals surface area contributed by atoms with Gasteiger partial charge in [0.2, 0.25) is 0 Å². The second-order valence-electron chi connectivity index (χ2n) is 3.79. The Bertz CT molecular complexity index is 827. The van der Waals surface area contributed by atoms with E-state index in [1.807, 2.05) is 0 Å². The summed E-state index contributed by atoms with van der Waals surface area (Å²) in [4.78, 5) is -0.841. The summed E-state index contributed by atoms with van der Waals surface area (Å²) >= 11 is 0. The van der Waals surface area contributed by atoms with Gasteiger partial charge in [-0.05, 0) is 24.3 Å². The minimum atomic E-state index is -4.86. The Morgan fingerprint density at radius 2 is 1.65 bits per heavy atom. The number of benzene rings is 1. The molecule has 0 amide bonds. The third-order valence-electron chi connectivity index (χ3n) is 2.26. The molecule has 0 aliphatic rings. The van der Waals surface area contributed by atoms with Crippen LogP contribution in [-0.2, 0) is 27.3 Å². The summed E-state index contributed by atoms with van der Waals surface area (Å²) in [5.74, 6) is 0.00897. The summed E-state index contributed by atoms with van der Waals surface area (Å²) in [5.41, 5.74) is 0. The van der Waals surface area contributed by atoms with E-state index in [1.54, 1.807) is 7.05 Å². The number of rotatable bonds is 4. The molecule has 11 heteroatoms. The van der Waals surface area contributed by atoms with E-state index in [0.29, 0.717) is 0 Å². The number of halogens is 1. The average molecular weight is 320 g/mol. The first-order chi connectivity index (χ1) is 9.18. The molecule has 1 heterocycles. The highest BCUT2D eigenvalue weighted by atomic mass is 32.3. The van der Waals surface area contributed by atoms with Crippen LogP contribution in [0.3, 0.4) is 0 Å². The van der Waals surface area contributed by atoms with Crippen LogP contribution in [0.25, 0.3) is 0 Å². The molecule has 108 valence electrons. The number of nitrogens with zero attached hydrogens (tertiary/aromatic N) is 3. The van der Waals surface area contributed by atoms with Crippen LogP contribution in [0, 0.1) is 0 Å². The normalized spacial score (nSPS) is 12.3. The Kier molecular flexibility index (Phi) is 3.48. The number of sulfonamides is 1. The van der Waals surface area contributed by atoms with Gasteiger partial charge in [-0.1, -0.05) is 5.21 Å². The lowest BCUT2D eigenvalue weighted by Crippen LogP contribution is -2.13. The fourth-order valence-corrected chi connectivity index (χ4v) is 2.81. The zero-order valence-corrected chi connectivity index (χ0v) is 11.7. The van der Waals surface area contributed by atoms with Gasteiger partial charge in [-0.3, -0.25) is 9.40 Å². The van der Waals surface area contributed by atoms with Gasteiger partial charge in [-0.25, -0.2) is 8.42 Å². The third kappa shape index (κ3) is 3.11. The summed E-state index contributed by atoms with van der Waals surface area (Å²) in [6, 6.07) is 3.68. The summed E-state index contributed by atoms with van der Waals surface area (Å²) < 4.78 is 61.3. The van der Waals surface area contributed by atoms with Gasteiger partial charge in [0.15, 0.2) is 5.82 Å². The summed E-state index contributed by atoms with van der Waals surface area (Å²) in [6.07, 6.45) is 1.35. The van der Waals surface area contributed by atoms with E-state index >= 15 is 0 Å². The van der Waals surface area contributed by atoms with Crippen LogP contribution in [0.4, 0.5) is 9.70 Å². The van der Waals surface area contributed by atoms with Crippen LogP contribution in [0.15, 0.2) is 40.3 Å². The van der Waals surface area contributed by atoms with E-state index in [-0.39, 0.29) is 10.7 Å². The van der Waals surface area contributed by atoms with Gasteiger partial charge in [0, 0.05) is 7.05 Å². The van der Waals surface area contributed by atoms with Gasteiger partial charge in [0.1, 0.15) is 0 Å². The average Bonchev–Trinajstić information content (AvgIpc) is 2.73. The van der Waals surface area contributed by atoms with Gasteiger partial charge < -0.3 is 0 Å². The van der Waals surface area contributed by atoms with Crippen molar-refractivity contribution in [2.75, 3.05) is 4.72 Å². The first-order valence-electron chi connectivity index (χ1n) is 5.12. The summed E-state index contributed by atoms with van der Waals surface area (Å²) in [5, 5.41) is 7.10. The number of hydrogen-bond acceptors (Lipinski definition) is 6. The van der Waals surface area contributed by atoms with Crippen molar-refractivity contribution in [3.8, 4) is 0 Å². The van der Waals surface area contributed by atoms with Crippen molar-refractivity contribution in [3.05, 3.63) is 30.5 Å². The van der Waals surface area contributed by atoms with Crippen molar-refractivity contribution in [3.63, 3.8) is 0 Å². The number of nitrogens with one attached hydrogen (secondary N) is 1. The highest BCUT2D eigenvalue weighted by Gasteiger charge is 2.18. The van der Waals surface area contributed by atoms with Crippen molar-refractivity contribution < 1.29 is 20.7 Å². The molecule has 0 radical (unpaired) electrons. The monoisotopic (exact) mass is 320 g/mol. The molecule has 2 rings (SSSR count). The molecule has 0 saturated heterocycles. The van der Waals surface area contributed by atoms with Crippen LogP contribution < -0.4 is 4.72 Å². The van der Waals surface area contributed by atoms with E-state index < -0.39 is 25.1 Å². The SMILES string of the molecule is Cn1cc(NS(=O)(=O)c2ccc(S(=O)(=O)F)cc2)nn1. The largest absolute Gasteiger partial charge is 0.332 e. The molecule has 0 spiro atoms. The van der Waals surface area contributed by atoms with Crippen LogP contribution >= 0.6 is 0 Å². The molecule has 0 atom stereocenters. The first kappa shape index (κ1) is 14.4.